The van der Waals surface area contributed by atoms with Gasteiger partial charge in [-0.15, -0.1) is 0 Å². The van der Waals surface area contributed by atoms with Crippen molar-refractivity contribution >= 4 is 17.6 Å². The average molecular weight is 507 g/mol. The molecule has 4 atom stereocenters. The van der Waals surface area contributed by atoms with Gasteiger partial charge in [-0.2, -0.15) is 0 Å². The largest absolute Gasteiger partial charge is 0.369 e. The molecule has 2 heterocycles. The quantitative estimate of drug-likeness (QED) is 0.406. The van der Waals surface area contributed by atoms with Crippen LogP contribution in [0.4, 0.5) is 10.5 Å². The van der Waals surface area contributed by atoms with E-state index in [-0.39, 0.29) is 17.4 Å². The molecule has 200 valence electrons. The van der Waals surface area contributed by atoms with E-state index in [2.05, 4.69) is 61.0 Å². The molecule has 8 heteroatoms. The number of amides is 3. The van der Waals surface area contributed by atoms with E-state index in [1.54, 1.807) is 4.90 Å². The molecule has 3 amide bonds. The van der Waals surface area contributed by atoms with Crippen molar-refractivity contribution in [3.63, 3.8) is 0 Å². The Balaban J connectivity index is 1.54. The minimum Gasteiger partial charge on any atom is -0.369 e. The van der Waals surface area contributed by atoms with Crippen LogP contribution < -0.4 is 21.7 Å². The number of benzene rings is 2. The van der Waals surface area contributed by atoms with Gasteiger partial charge in [0.25, 0.3) is 0 Å². The summed E-state index contributed by atoms with van der Waals surface area (Å²) in [5.41, 5.74) is 9.81. The van der Waals surface area contributed by atoms with Crippen molar-refractivity contribution in [2.45, 2.75) is 65.0 Å². The molecule has 2 aromatic carbocycles. The third-order valence-corrected chi connectivity index (χ3v) is 7.19. The first kappa shape index (κ1) is 27.1. The summed E-state index contributed by atoms with van der Waals surface area (Å²) in [7, 11) is 1.54. The number of anilines is 1. The predicted molar refractivity (Wildman–Crippen MR) is 148 cm³/mol. The number of nitrogens with two attached hydrogens (primary N) is 1. The fourth-order valence-electron chi connectivity index (χ4n) is 5.22. The number of piperidine rings is 1. The number of hydrogen-bond donors (Lipinski definition) is 4. The van der Waals surface area contributed by atoms with Crippen LogP contribution in [0.25, 0.3) is 0 Å². The molecule has 4 rings (SSSR count). The molecule has 8 nitrogen and oxygen atoms in total. The van der Waals surface area contributed by atoms with Crippen LogP contribution in [-0.2, 0) is 11.3 Å². The van der Waals surface area contributed by atoms with Crippen LogP contribution in [0, 0.1) is 11.3 Å². The highest BCUT2D eigenvalue weighted by molar-refractivity contribution is 5.98. The highest BCUT2D eigenvalue weighted by atomic mass is 16.2. The molecule has 0 spiro atoms. The number of nitrogens with one attached hydrogen (secondary N) is 3. The Hall–Kier alpha value is -2.94. The minimum absolute atomic E-state index is 0.163. The first-order valence-electron chi connectivity index (χ1n) is 13.3. The van der Waals surface area contributed by atoms with Crippen LogP contribution in [0.2, 0.25) is 0 Å². The van der Waals surface area contributed by atoms with Crippen LogP contribution in [-0.4, -0.2) is 54.2 Å². The van der Waals surface area contributed by atoms with Gasteiger partial charge in [0.15, 0.2) is 0 Å². The van der Waals surface area contributed by atoms with E-state index < -0.39 is 18.2 Å². The summed E-state index contributed by atoms with van der Waals surface area (Å²) in [6, 6.07) is 18.5. The topological polar surface area (TPSA) is 103 Å². The Morgan fingerprint density at radius 1 is 1.05 bits per heavy atom. The Morgan fingerprint density at radius 2 is 1.76 bits per heavy atom. The van der Waals surface area contributed by atoms with E-state index in [0.717, 1.165) is 17.8 Å². The van der Waals surface area contributed by atoms with Gasteiger partial charge in [0.05, 0.1) is 12.3 Å². The standard InChI is InChI=1S/C29H42N6O2/c1-29(2,3)19-35-25(30)24(27(36)34(4)28(35)37)26(33-22-10-6-5-7-11-22)32-18-20-13-15-21(16-14-20)23-12-8-9-17-31-23/h5-7,10-11,13-16,23-26,31-33H,8-9,12,17-19,30H2,1-4H3. The summed E-state index contributed by atoms with van der Waals surface area (Å²) in [6.07, 6.45) is 2.42. The third-order valence-electron chi connectivity index (χ3n) is 7.19. The molecule has 2 aliphatic rings. The second-order valence-corrected chi connectivity index (χ2v) is 11.5. The second kappa shape index (κ2) is 11.6. The molecular weight excluding hydrogens is 464 g/mol. The highest BCUT2D eigenvalue weighted by Crippen LogP contribution is 2.28. The zero-order valence-corrected chi connectivity index (χ0v) is 22.5. The van der Waals surface area contributed by atoms with Gasteiger partial charge in [-0.3, -0.25) is 15.0 Å². The first-order chi connectivity index (χ1) is 17.6. The van der Waals surface area contributed by atoms with Crippen LogP contribution in [0.1, 0.15) is 57.2 Å². The number of para-hydroxylation sites is 1. The molecule has 0 bridgehead atoms. The van der Waals surface area contributed by atoms with Crippen molar-refractivity contribution in [2.24, 2.45) is 17.1 Å². The number of hydrogen-bond acceptors (Lipinski definition) is 6. The van der Waals surface area contributed by atoms with Crippen LogP contribution in [0.5, 0.6) is 0 Å². The average Bonchev–Trinajstić information content (AvgIpc) is 2.89. The Bertz CT molecular complexity index is 1050. The van der Waals surface area contributed by atoms with Crippen LogP contribution in [0.15, 0.2) is 54.6 Å². The van der Waals surface area contributed by atoms with Gasteiger partial charge in [0.2, 0.25) is 5.91 Å². The molecule has 0 saturated carbocycles. The van der Waals surface area contributed by atoms with Gasteiger partial charge in [0.1, 0.15) is 5.92 Å². The number of imide groups is 1. The van der Waals surface area contributed by atoms with Crippen LogP contribution >= 0.6 is 0 Å². The van der Waals surface area contributed by atoms with Gasteiger partial charge in [-0.25, -0.2) is 4.79 Å². The van der Waals surface area contributed by atoms with Crippen molar-refractivity contribution in [1.29, 1.82) is 0 Å². The first-order valence-corrected chi connectivity index (χ1v) is 13.3. The summed E-state index contributed by atoms with van der Waals surface area (Å²) in [4.78, 5) is 29.3. The number of urea groups is 1. The smallest absolute Gasteiger partial charge is 0.327 e. The van der Waals surface area contributed by atoms with E-state index in [9.17, 15) is 9.59 Å². The van der Waals surface area contributed by atoms with E-state index in [1.165, 1.54) is 36.8 Å². The lowest BCUT2D eigenvalue weighted by Gasteiger charge is -2.46. The SMILES string of the molecule is CN1C(=O)C(C(NCc2ccc(C3CCCCN3)cc2)Nc2ccccc2)C(N)N(CC(C)(C)C)C1=O. The fraction of sp³-hybridized carbons (Fsp3) is 0.517. The molecule has 5 N–H and O–H groups in total. The van der Waals surface area contributed by atoms with Gasteiger partial charge in [0, 0.05) is 31.9 Å². The van der Waals surface area contributed by atoms with E-state index in [4.69, 9.17) is 5.73 Å². The van der Waals surface area contributed by atoms with Gasteiger partial charge in [-0.05, 0) is 48.1 Å². The maximum atomic E-state index is 13.4. The molecular formula is C29H42N6O2. The van der Waals surface area contributed by atoms with Gasteiger partial charge in [-0.1, -0.05) is 69.7 Å². The molecule has 0 aliphatic carbocycles. The number of nitrogens with zero attached hydrogens (tertiary/aromatic N) is 2. The number of carbonyl (C=O) groups is 2. The lowest BCUT2D eigenvalue weighted by Crippen LogP contribution is -2.69. The van der Waals surface area contributed by atoms with Crippen molar-refractivity contribution in [3.8, 4) is 0 Å². The van der Waals surface area contributed by atoms with Crippen molar-refractivity contribution in [1.82, 2.24) is 20.4 Å². The highest BCUT2D eigenvalue weighted by Gasteiger charge is 2.47. The van der Waals surface area contributed by atoms with Crippen molar-refractivity contribution in [2.75, 3.05) is 25.5 Å². The molecule has 0 aromatic heterocycles. The van der Waals surface area contributed by atoms with E-state index >= 15 is 0 Å². The molecule has 4 unspecified atom stereocenters. The van der Waals surface area contributed by atoms with Gasteiger partial charge >= 0.3 is 6.03 Å². The maximum Gasteiger partial charge on any atom is 0.327 e. The second-order valence-electron chi connectivity index (χ2n) is 11.5. The number of rotatable bonds is 8. The van der Waals surface area contributed by atoms with Crippen molar-refractivity contribution in [3.05, 3.63) is 65.7 Å². The molecule has 2 saturated heterocycles. The molecule has 2 fully saturated rings. The summed E-state index contributed by atoms with van der Waals surface area (Å²) in [5.74, 6) is -0.960. The van der Waals surface area contributed by atoms with E-state index in [0.29, 0.717) is 19.1 Å². The van der Waals surface area contributed by atoms with Crippen molar-refractivity contribution < 1.29 is 9.59 Å². The Labute approximate surface area is 221 Å². The fourth-order valence-corrected chi connectivity index (χ4v) is 5.22. The monoisotopic (exact) mass is 506 g/mol. The lowest BCUT2D eigenvalue weighted by atomic mass is 9.91. The molecule has 0 radical (unpaired) electrons. The van der Waals surface area contributed by atoms with Crippen LogP contribution in [0.3, 0.4) is 0 Å². The number of carbonyl (C=O) groups excluding carboxylic acids is 2. The summed E-state index contributed by atoms with van der Waals surface area (Å²) in [5, 5.41) is 10.6. The molecule has 37 heavy (non-hydrogen) atoms. The Kier molecular flexibility index (Phi) is 8.52. The summed E-state index contributed by atoms with van der Waals surface area (Å²) >= 11 is 0. The zero-order chi connectivity index (χ0) is 26.6. The summed E-state index contributed by atoms with van der Waals surface area (Å²) in [6.45, 7) is 8.25. The minimum atomic E-state index is -0.760. The van der Waals surface area contributed by atoms with Gasteiger partial charge < -0.3 is 21.3 Å². The lowest BCUT2D eigenvalue weighted by molar-refractivity contribution is -0.139. The maximum absolute atomic E-state index is 13.4. The molecule has 2 aromatic rings. The molecule has 2 aliphatic heterocycles. The normalized spacial score (nSPS) is 23.8. The van der Waals surface area contributed by atoms with E-state index in [1.807, 2.05) is 30.3 Å². The Morgan fingerprint density at radius 3 is 2.38 bits per heavy atom. The zero-order valence-electron chi connectivity index (χ0n) is 22.5. The third kappa shape index (κ3) is 6.69. The predicted octanol–water partition coefficient (Wildman–Crippen LogP) is 3.87. The summed E-state index contributed by atoms with van der Waals surface area (Å²) < 4.78 is 0.